The molecule has 0 amide bonds. The van der Waals surface area contributed by atoms with Crippen molar-refractivity contribution in [3.63, 3.8) is 0 Å². The first-order chi connectivity index (χ1) is 7.79. The second-order valence-electron chi connectivity index (χ2n) is 3.50. The zero-order valence-corrected chi connectivity index (χ0v) is 9.96. The van der Waals surface area contributed by atoms with E-state index in [2.05, 4.69) is 0 Å². The van der Waals surface area contributed by atoms with Crippen molar-refractivity contribution in [1.82, 2.24) is 0 Å². The molecule has 0 aromatic heterocycles. The molecule has 7 heteroatoms. The highest BCUT2D eigenvalue weighted by Gasteiger charge is 2.12. The zero-order valence-electron chi connectivity index (χ0n) is 9.14. The number of esters is 1. The number of benzene rings is 1. The number of carbonyl (C=O) groups is 1. The van der Waals surface area contributed by atoms with Gasteiger partial charge in [-0.05, 0) is 18.2 Å². The molecule has 0 radical (unpaired) electrons. The van der Waals surface area contributed by atoms with Gasteiger partial charge in [-0.3, -0.25) is 0 Å². The van der Waals surface area contributed by atoms with Crippen LogP contribution in [0.4, 0.5) is 10.1 Å². The Morgan fingerprint density at radius 1 is 1.47 bits per heavy atom. The fraction of sp³-hybridized carbons (Fsp3) is 0.300. The van der Waals surface area contributed by atoms with E-state index in [0.29, 0.717) is 0 Å². The van der Waals surface area contributed by atoms with Crippen molar-refractivity contribution < 1.29 is 22.3 Å². The molecule has 1 rings (SSSR count). The van der Waals surface area contributed by atoms with Crippen molar-refractivity contribution in [3.05, 3.63) is 29.6 Å². The van der Waals surface area contributed by atoms with E-state index in [9.17, 15) is 17.6 Å². The van der Waals surface area contributed by atoms with Crippen LogP contribution < -0.4 is 5.73 Å². The minimum Gasteiger partial charge on any atom is -0.461 e. The molecular weight excluding hydrogens is 249 g/mol. The molecule has 1 aromatic rings. The summed E-state index contributed by atoms with van der Waals surface area (Å²) < 4.78 is 39.0. The third-order valence-electron chi connectivity index (χ3n) is 1.92. The quantitative estimate of drug-likeness (QED) is 0.634. The molecule has 0 atom stereocenters. The maximum absolute atomic E-state index is 12.7. The standard InChI is InChI=1S/C10H12FNO4S/c1-17(14,15)5-4-16-10(13)8-3-2-7(11)6-9(8)12/h2-3,6H,4-5,12H2,1H3. The molecule has 0 heterocycles. The lowest BCUT2D eigenvalue weighted by molar-refractivity contribution is 0.0530. The molecule has 5 nitrogen and oxygen atoms in total. The predicted octanol–water partition coefficient (Wildman–Crippen LogP) is 0.609. The summed E-state index contributed by atoms with van der Waals surface area (Å²) in [5.74, 6) is -1.60. The summed E-state index contributed by atoms with van der Waals surface area (Å²) in [6.45, 7) is -0.255. The van der Waals surface area contributed by atoms with Crippen LogP contribution in [0.15, 0.2) is 18.2 Å². The van der Waals surface area contributed by atoms with Crippen LogP contribution in [0.2, 0.25) is 0 Å². The van der Waals surface area contributed by atoms with Gasteiger partial charge in [-0.15, -0.1) is 0 Å². The van der Waals surface area contributed by atoms with Gasteiger partial charge < -0.3 is 10.5 Å². The highest BCUT2D eigenvalue weighted by Crippen LogP contribution is 2.14. The molecule has 2 N–H and O–H groups in total. The number of ether oxygens (including phenoxy) is 1. The number of carbonyl (C=O) groups excluding carboxylic acids is 1. The van der Waals surface area contributed by atoms with E-state index in [4.69, 9.17) is 10.5 Å². The number of anilines is 1. The van der Waals surface area contributed by atoms with E-state index < -0.39 is 21.6 Å². The zero-order chi connectivity index (χ0) is 13.1. The van der Waals surface area contributed by atoms with Crippen LogP contribution in [0.25, 0.3) is 0 Å². The molecule has 0 saturated heterocycles. The summed E-state index contributed by atoms with van der Waals surface area (Å²) in [5.41, 5.74) is 5.39. The third-order valence-corrected chi connectivity index (χ3v) is 2.83. The van der Waals surface area contributed by atoms with E-state index >= 15 is 0 Å². The largest absolute Gasteiger partial charge is 0.461 e. The molecule has 0 fully saturated rings. The van der Waals surface area contributed by atoms with Crippen LogP contribution in [0, 0.1) is 5.82 Å². The SMILES string of the molecule is CS(=O)(=O)CCOC(=O)c1ccc(F)cc1N. The molecule has 0 aliphatic heterocycles. The molecule has 0 aliphatic carbocycles. The highest BCUT2D eigenvalue weighted by molar-refractivity contribution is 7.90. The van der Waals surface area contributed by atoms with E-state index in [1.54, 1.807) is 0 Å². The van der Waals surface area contributed by atoms with Gasteiger partial charge in [0.05, 0.1) is 11.3 Å². The van der Waals surface area contributed by atoms with Gasteiger partial charge in [0.25, 0.3) is 0 Å². The maximum atomic E-state index is 12.7. The first-order valence-corrected chi connectivity index (χ1v) is 6.75. The molecule has 17 heavy (non-hydrogen) atoms. The van der Waals surface area contributed by atoms with E-state index in [1.165, 1.54) is 6.07 Å². The van der Waals surface area contributed by atoms with Crippen LogP contribution >= 0.6 is 0 Å². The van der Waals surface area contributed by atoms with Crippen LogP contribution in [0.3, 0.4) is 0 Å². The molecule has 1 aromatic carbocycles. The van der Waals surface area contributed by atoms with Gasteiger partial charge in [-0.1, -0.05) is 0 Å². The fourth-order valence-electron chi connectivity index (χ4n) is 1.08. The Bertz CT molecular complexity index is 527. The minimum absolute atomic E-state index is 0.0138. The summed E-state index contributed by atoms with van der Waals surface area (Å²) in [6, 6.07) is 3.25. The van der Waals surface area contributed by atoms with Gasteiger partial charge >= 0.3 is 5.97 Å². The maximum Gasteiger partial charge on any atom is 0.340 e. The van der Waals surface area contributed by atoms with Crippen molar-refractivity contribution in [2.75, 3.05) is 24.3 Å². The Balaban J connectivity index is 2.65. The molecule has 0 saturated carbocycles. The third kappa shape index (κ3) is 4.39. The normalized spacial score (nSPS) is 11.2. The molecule has 0 spiro atoms. The Morgan fingerprint density at radius 2 is 2.12 bits per heavy atom. The molecule has 94 valence electrons. The molecule has 0 unspecified atom stereocenters. The summed E-state index contributed by atoms with van der Waals surface area (Å²) in [5, 5.41) is 0. The van der Waals surface area contributed by atoms with Gasteiger partial charge in [0.15, 0.2) is 9.84 Å². The second kappa shape index (κ2) is 5.13. The van der Waals surface area contributed by atoms with Gasteiger partial charge in [0.1, 0.15) is 12.4 Å². The number of nitrogens with two attached hydrogens (primary N) is 1. The molecular formula is C10H12FNO4S. The van der Waals surface area contributed by atoms with E-state index in [0.717, 1.165) is 18.4 Å². The minimum atomic E-state index is -3.19. The van der Waals surface area contributed by atoms with Crippen molar-refractivity contribution in [2.45, 2.75) is 0 Å². The van der Waals surface area contributed by atoms with E-state index in [-0.39, 0.29) is 23.6 Å². The van der Waals surface area contributed by atoms with Crippen LogP contribution in [0.1, 0.15) is 10.4 Å². The summed E-state index contributed by atoms with van der Waals surface area (Å²) in [6.07, 6.45) is 1.03. The number of hydrogen-bond acceptors (Lipinski definition) is 5. The van der Waals surface area contributed by atoms with Crippen molar-refractivity contribution in [2.24, 2.45) is 0 Å². The highest BCUT2D eigenvalue weighted by atomic mass is 32.2. The fourth-order valence-corrected chi connectivity index (χ4v) is 1.47. The average molecular weight is 261 g/mol. The first kappa shape index (κ1) is 13.4. The van der Waals surface area contributed by atoms with Crippen LogP contribution in [-0.4, -0.2) is 33.0 Å². The Labute approximate surface area is 98.3 Å². The van der Waals surface area contributed by atoms with Gasteiger partial charge in [0.2, 0.25) is 0 Å². The lowest BCUT2D eigenvalue weighted by Gasteiger charge is -2.06. The average Bonchev–Trinajstić information content (AvgIpc) is 2.15. The second-order valence-corrected chi connectivity index (χ2v) is 5.76. The van der Waals surface area contributed by atoms with Gasteiger partial charge in [0, 0.05) is 11.9 Å². The van der Waals surface area contributed by atoms with Crippen molar-refractivity contribution in [3.8, 4) is 0 Å². The predicted molar refractivity (Wildman–Crippen MR) is 60.8 cm³/mol. The Hall–Kier alpha value is -1.63. The van der Waals surface area contributed by atoms with E-state index in [1.807, 2.05) is 0 Å². The number of nitrogen functional groups attached to an aromatic ring is 1. The Morgan fingerprint density at radius 3 is 2.65 bits per heavy atom. The van der Waals surface area contributed by atoms with Gasteiger partial charge in [-0.2, -0.15) is 0 Å². The number of halogens is 1. The number of rotatable bonds is 4. The van der Waals surface area contributed by atoms with Crippen molar-refractivity contribution in [1.29, 1.82) is 0 Å². The van der Waals surface area contributed by atoms with Crippen molar-refractivity contribution >= 4 is 21.5 Å². The molecule has 0 bridgehead atoms. The number of hydrogen-bond donors (Lipinski definition) is 1. The molecule has 0 aliphatic rings. The van der Waals surface area contributed by atoms with Gasteiger partial charge in [-0.25, -0.2) is 17.6 Å². The number of sulfone groups is 1. The lowest BCUT2D eigenvalue weighted by atomic mass is 10.2. The topological polar surface area (TPSA) is 86.5 Å². The summed E-state index contributed by atoms with van der Waals surface area (Å²) in [4.78, 5) is 11.4. The summed E-state index contributed by atoms with van der Waals surface area (Å²) >= 11 is 0. The van der Waals surface area contributed by atoms with Crippen LogP contribution in [-0.2, 0) is 14.6 Å². The first-order valence-electron chi connectivity index (χ1n) is 4.69. The summed E-state index contributed by atoms with van der Waals surface area (Å²) in [7, 11) is -3.19. The lowest BCUT2D eigenvalue weighted by Crippen LogP contribution is -2.15. The smallest absolute Gasteiger partial charge is 0.340 e. The Kier molecular flexibility index (Phi) is 4.06. The van der Waals surface area contributed by atoms with Crippen LogP contribution in [0.5, 0.6) is 0 Å². The monoisotopic (exact) mass is 261 g/mol.